The Morgan fingerprint density at radius 3 is 2.03 bits per heavy atom. The van der Waals surface area contributed by atoms with Crippen LogP contribution in [0.25, 0.3) is 0 Å². The largest absolute Gasteiger partial charge is 0.497 e. The molecule has 1 N–H and O–H groups in total. The number of ether oxygens (including phenoxy) is 4. The molecule has 6 heteroatoms. The zero-order chi connectivity index (χ0) is 22.8. The average Bonchev–Trinajstić information content (AvgIpc) is 2.83. The van der Waals surface area contributed by atoms with Crippen molar-refractivity contribution in [3.05, 3.63) is 83.9 Å². The van der Waals surface area contributed by atoms with E-state index in [2.05, 4.69) is 17.0 Å². The molecule has 0 aliphatic carbocycles. The van der Waals surface area contributed by atoms with Crippen molar-refractivity contribution < 1.29 is 24.1 Å². The summed E-state index contributed by atoms with van der Waals surface area (Å²) in [7, 11) is 4.88. The average molecular weight is 438 g/mol. The Balaban J connectivity index is 1.66. The van der Waals surface area contributed by atoms with E-state index in [4.69, 9.17) is 18.9 Å². The molecule has 3 aromatic rings. The van der Waals surface area contributed by atoms with E-state index < -0.39 is 6.10 Å². The summed E-state index contributed by atoms with van der Waals surface area (Å²) in [5, 5.41) is 10.7. The number of hydrogen-bond donors (Lipinski definition) is 1. The predicted molar refractivity (Wildman–Crippen MR) is 125 cm³/mol. The minimum Gasteiger partial charge on any atom is -0.497 e. The van der Waals surface area contributed by atoms with E-state index in [1.165, 1.54) is 5.56 Å². The van der Waals surface area contributed by atoms with Crippen molar-refractivity contribution in [3.63, 3.8) is 0 Å². The van der Waals surface area contributed by atoms with Crippen molar-refractivity contribution in [2.24, 2.45) is 0 Å². The summed E-state index contributed by atoms with van der Waals surface area (Å²) in [4.78, 5) is 2.19. The van der Waals surface area contributed by atoms with Gasteiger partial charge < -0.3 is 24.1 Å². The minimum atomic E-state index is -0.652. The molecule has 1 atom stereocenters. The lowest BCUT2D eigenvalue weighted by Crippen LogP contribution is -2.35. The topological polar surface area (TPSA) is 60.4 Å². The maximum atomic E-state index is 10.7. The van der Waals surface area contributed by atoms with Crippen LogP contribution in [0, 0.1) is 0 Å². The fourth-order valence-corrected chi connectivity index (χ4v) is 3.48. The third-order valence-corrected chi connectivity index (χ3v) is 5.07. The molecule has 0 spiro atoms. The molecule has 0 aliphatic heterocycles. The third-order valence-electron chi connectivity index (χ3n) is 5.07. The van der Waals surface area contributed by atoms with E-state index in [-0.39, 0.29) is 6.61 Å². The lowest BCUT2D eigenvalue weighted by Gasteiger charge is -2.26. The highest BCUT2D eigenvalue weighted by Crippen LogP contribution is 2.28. The first-order valence-electron chi connectivity index (χ1n) is 10.5. The van der Waals surface area contributed by atoms with Gasteiger partial charge >= 0.3 is 0 Å². The number of benzene rings is 3. The molecule has 0 saturated heterocycles. The molecule has 0 bridgehead atoms. The zero-order valence-corrected chi connectivity index (χ0v) is 18.9. The molecule has 0 radical (unpaired) electrons. The van der Waals surface area contributed by atoms with E-state index in [0.717, 1.165) is 11.3 Å². The summed E-state index contributed by atoms with van der Waals surface area (Å²) >= 11 is 0. The summed E-state index contributed by atoms with van der Waals surface area (Å²) in [6.07, 6.45) is -0.652. The molecule has 32 heavy (non-hydrogen) atoms. The highest BCUT2D eigenvalue weighted by atomic mass is 16.5. The van der Waals surface area contributed by atoms with Crippen molar-refractivity contribution in [2.75, 3.05) is 34.5 Å². The van der Waals surface area contributed by atoms with Crippen LogP contribution >= 0.6 is 0 Å². The monoisotopic (exact) mass is 437 g/mol. The summed E-state index contributed by atoms with van der Waals surface area (Å²) in [6.45, 7) is 2.01. The van der Waals surface area contributed by atoms with Crippen LogP contribution in [-0.2, 0) is 13.1 Å². The smallest absolute Gasteiger partial charge is 0.161 e. The molecule has 0 heterocycles. The fraction of sp³-hybridized carbons (Fsp3) is 0.308. The van der Waals surface area contributed by atoms with Gasteiger partial charge in [-0.1, -0.05) is 36.4 Å². The molecule has 0 saturated carbocycles. The normalized spacial score (nSPS) is 11.8. The second-order valence-corrected chi connectivity index (χ2v) is 7.48. The Labute approximate surface area is 189 Å². The van der Waals surface area contributed by atoms with Crippen LogP contribution in [0.1, 0.15) is 11.1 Å². The molecular weight excluding hydrogens is 406 g/mol. The van der Waals surface area contributed by atoms with E-state index in [0.29, 0.717) is 36.9 Å². The van der Waals surface area contributed by atoms with Crippen LogP contribution in [0.2, 0.25) is 0 Å². The number of aliphatic hydroxyl groups is 1. The van der Waals surface area contributed by atoms with E-state index in [1.54, 1.807) is 21.3 Å². The Kier molecular flexibility index (Phi) is 8.78. The summed E-state index contributed by atoms with van der Waals surface area (Å²) < 4.78 is 21.7. The quantitative estimate of drug-likeness (QED) is 0.459. The molecule has 3 rings (SSSR count). The van der Waals surface area contributed by atoms with Gasteiger partial charge in [-0.25, -0.2) is 0 Å². The van der Waals surface area contributed by atoms with Crippen molar-refractivity contribution in [2.45, 2.75) is 19.2 Å². The number of methoxy groups -OCH3 is 3. The Hall–Kier alpha value is -3.22. The first-order chi connectivity index (χ1) is 15.6. The Bertz CT molecular complexity index is 946. The second-order valence-electron chi connectivity index (χ2n) is 7.48. The van der Waals surface area contributed by atoms with Crippen molar-refractivity contribution in [1.29, 1.82) is 0 Å². The van der Waals surface area contributed by atoms with Gasteiger partial charge in [0.2, 0.25) is 0 Å². The molecule has 0 amide bonds. The van der Waals surface area contributed by atoms with Crippen LogP contribution in [0.4, 0.5) is 0 Å². The van der Waals surface area contributed by atoms with Crippen LogP contribution in [0.3, 0.4) is 0 Å². The van der Waals surface area contributed by atoms with Gasteiger partial charge in [0.05, 0.1) is 21.3 Å². The van der Waals surface area contributed by atoms with Crippen molar-refractivity contribution in [1.82, 2.24) is 4.90 Å². The fourth-order valence-electron chi connectivity index (χ4n) is 3.48. The van der Waals surface area contributed by atoms with E-state index >= 15 is 0 Å². The van der Waals surface area contributed by atoms with Gasteiger partial charge in [0.1, 0.15) is 24.2 Å². The highest BCUT2D eigenvalue weighted by Gasteiger charge is 2.15. The van der Waals surface area contributed by atoms with Crippen molar-refractivity contribution in [3.8, 4) is 23.0 Å². The van der Waals surface area contributed by atoms with E-state index in [1.807, 2.05) is 60.7 Å². The van der Waals surface area contributed by atoms with Gasteiger partial charge in [0, 0.05) is 19.6 Å². The molecule has 170 valence electrons. The molecule has 0 aliphatic rings. The molecule has 3 aromatic carbocycles. The first-order valence-corrected chi connectivity index (χ1v) is 10.5. The summed E-state index contributed by atoms with van der Waals surface area (Å²) in [5.74, 6) is 2.84. The summed E-state index contributed by atoms with van der Waals surface area (Å²) in [6, 6.07) is 23.4. The molecule has 1 unspecified atom stereocenters. The highest BCUT2D eigenvalue weighted by molar-refractivity contribution is 5.42. The van der Waals surface area contributed by atoms with Gasteiger partial charge in [0.15, 0.2) is 11.5 Å². The molecular formula is C26H31NO5. The van der Waals surface area contributed by atoms with Gasteiger partial charge in [-0.05, 0) is 47.5 Å². The van der Waals surface area contributed by atoms with Crippen LogP contribution in [-0.4, -0.2) is 50.6 Å². The molecule has 0 fully saturated rings. The van der Waals surface area contributed by atoms with Gasteiger partial charge in [-0.3, -0.25) is 4.90 Å². The van der Waals surface area contributed by atoms with Crippen LogP contribution in [0.5, 0.6) is 23.0 Å². The second kappa shape index (κ2) is 12.0. The van der Waals surface area contributed by atoms with Crippen molar-refractivity contribution >= 4 is 0 Å². The first kappa shape index (κ1) is 23.4. The summed E-state index contributed by atoms with van der Waals surface area (Å²) in [5.41, 5.74) is 2.25. The predicted octanol–water partition coefficient (Wildman–Crippen LogP) is 4.15. The minimum absolute atomic E-state index is 0.198. The standard InChI is InChI=1S/C26H31NO5/c1-29-23-10-12-24(13-11-23)32-19-22(28)18-27(16-20-7-5-4-6-8-20)17-21-9-14-25(30-2)26(15-21)31-3/h4-15,22,28H,16-19H2,1-3H3. The lowest BCUT2D eigenvalue weighted by molar-refractivity contribution is 0.0628. The number of aliphatic hydroxyl groups excluding tert-OH is 1. The van der Waals surface area contributed by atoms with Crippen LogP contribution in [0.15, 0.2) is 72.8 Å². The van der Waals surface area contributed by atoms with Gasteiger partial charge in [-0.2, -0.15) is 0 Å². The number of hydrogen-bond acceptors (Lipinski definition) is 6. The maximum absolute atomic E-state index is 10.7. The van der Waals surface area contributed by atoms with Crippen LogP contribution < -0.4 is 18.9 Å². The van der Waals surface area contributed by atoms with Gasteiger partial charge in [-0.15, -0.1) is 0 Å². The molecule has 0 aromatic heterocycles. The van der Waals surface area contributed by atoms with E-state index in [9.17, 15) is 5.11 Å². The Morgan fingerprint density at radius 1 is 0.719 bits per heavy atom. The number of nitrogens with zero attached hydrogens (tertiary/aromatic N) is 1. The number of rotatable bonds is 12. The Morgan fingerprint density at radius 2 is 1.38 bits per heavy atom. The maximum Gasteiger partial charge on any atom is 0.161 e. The third kappa shape index (κ3) is 6.90. The lowest BCUT2D eigenvalue weighted by atomic mass is 10.1. The van der Waals surface area contributed by atoms with Gasteiger partial charge in [0.25, 0.3) is 0 Å². The molecule has 6 nitrogen and oxygen atoms in total. The SMILES string of the molecule is COc1ccc(OCC(O)CN(Cc2ccccc2)Cc2ccc(OC)c(OC)c2)cc1. The zero-order valence-electron chi connectivity index (χ0n) is 18.9.